The van der Waals surface area contributed by atoms with Gasteiger partial charge in [0.25, 0.3) is 0 Å². The normalized spacial score (nSPS) is 13.8. The summed E-state index contributed by atoms with van der Waals surface area (Å²) >= 11 is 0. The van der Waals surface area contributed by atoms with E-state index in [0.717, 1.165) is 80.8 Å². The summed E-state index contributed by atoms with van der Waals surface area (Å²) in [4.78, 5) is 17.6. The summed E-state index contributed by atoms with van der Waals surface area (Å²) < 4.78 is 19.5. The largest absolute Gasteiger partial charge is 0.490 e. The molecule has 0 saturated carbocycles. The average Bonchev–Trinajstić information content (AvgIpc) is 3.04. The second-order valence-corrected chi connectivity index (χ2v) is 11.7. The number of nitrogens with zero attached hydrogens (tertiary/aromatic N) is 2. The van der Waals surface area contributed by atoms with Gasteiger partial charge in [-0.3, -0.25) is 9.69 Å². The Bertz CT molecular complexity index is 1550. The van der Waals surface area contributed by atoms with Gasteiger partial charge >= 0.3 is 0 Å². The minimum atomic E-state index is -0.254. The van der Waals surface area contributed by atoms with Crippen molar-refractivity contribution in [3.63, 3.8) is 0 Å². The van der Waals surface area contributed by atoms with Gasteiger partial charge in [-0.1, -0.05) is 66.4 Å². The number of rotatable bonds is 12. The van der Waals surface area contributed by atoms with Crippen molar-refractivity contribution in [3.05, 3.63) is 137 Å². The van der Waals surface area contributed by atoms with Gasteiger partial charge in [-0.05, 0) is 98.9 Å². The minimum absolute atomic E-state index is 0.143. The van der Waals surface area contributed by atoms with Crippen LogP contribution in [0.4, 0.5) is 4.39 Å². The third-order valence-corrected chi connectivity index (χ3v) is 8.01. The van der Waals surface area contributed by atoms with E-state index < -0.39 is 0 Å². The first-order valence-corrected chi connectivity index (χ1v) is 15.6. The van der Waals surface area contributed by atoms with Gasteiger partial charge in [0.15, 0.2) is 5.78 Å². The molecule has 1 aliphatic heterocycles. The predicted octanol–water partition coefficient (Wildman–Crippen LogP) is 7.75. The summed E-state index contributed by atoms with van der Waals surface area (Å²) in [5, 5.41) is 0. The van der Waals surface area contributed by atoms with Crippen LogP contribution in [0.15, 0.2) is 103 Å². The topological polar surface area (TPSA) is 32.8 Å². The zero-order valence-corrected chi connectivity index (χ0v) is 25.6. The first-order chi connectivity index (χ1) is 21.5. The van der Waals surface area contributed by atoms with Crippen LogP contribution in [-0.4, -0.2) is 48.4 Å². The molecular formula is C39H41FN2O2. The van der Waals surface area contributed by atoms with Gasteiger partial charge in [-0.25, -0.2) is 4.39 Å². The van der Waals surface area contributed by atoms with Crippen LogP contribution in [0, 0.1) is 17.7 Å². The Hall–Kier alpha value is -4.24. The Morgan fingerprint density at radius 2 is 1.57 bits per heavy atom. The fourth-order valence-corrected chi connectivity index (χ4v) is 5.59. The first-order valence-electron chi connectivity index (χ1n) is 15.6. The van der Waals surface area contributed by atoms with Crippen LogP contribution in [0.5, 0.6) is 5.75 Å². The molecule has 5 heteroatoms. The van der Waals surface area contributed by atoms with Crippen molar-refractivity contribution in [2.45, 2.75) is 51.3 Å². The van der Waals surface area contributed by atoms with E-state index in [-0.39, 0.29) is 17.7 Å². The van der Waals surface area contributed by atoms with Crippen molar-refractivity contribution in [2.24, 2.45) is 0 Å². The number of ether oxygens (including phenoxy) is 1. The van der Waals surface area contributed by atoms with Gasteiger partial charge in [0.2, 0.25) is 0 Å². The summed E-state index contributed by atoms with van der Waals surface area (Å²) in [6.45, 7) is 4.67. The highest BCUT2D eigenvalue weighted by molar-refractivity contribution is 5.96. The smallest absolute Gasteiger partial charge is 0.163 e. The molecular weight excluding hydrogens is 547 g/mol. The van der Waals surface area contributed by atoms with Crippen molar-refractivity contribution >= 4 is 5.78 Å². The maximum atomic E-state index is 13.1. The maximum Gasteiger partial charge on any atom is 0.163 e. The molecule has 1 heterocycles. The SMILES string of the molecule is CN(CCCCC(=O)c1cccc(OC2CCN(Cc3cccc(C#Cc4ccc(F)cc4)c3)CC2)c1)Cc1ccccc1. The molecule has 0 unspecified atom stereocenters. The Balaban J connectivity index is 1.03. The monoisotopic (exact) mass is 588 g/mol. The number of benzene rings is 4. The maximum absolute atomic E-state index is 13.1. The van der Waals surface area contributed by atoms with Crippen molar-refractivity contribution in [2.75, 3.05) is 26.7 Å². The molecule has 0 spiro atoms. The zero-order chi connectivity index (χ0) is 30.6. The number of ketones is 1. The molecule has 0 aliphatic carbocycles. The van der Waals surface area contributed by atoms with Crippen LogP contribution in [-0.2, 0) is 13.1 Å². The number of unbranched alkanes of at least 4 members (excludes halogenated alkanes) is 1. The summed E-state index contributed by atoms with van der Waals surface area (Å²) in [6, 6.07) is 32.7. The quantitative estimate of drug-likeness (QED) is 0.0963. The molecule has 4 aromatic rings. The lowest BCUT2D eigenvalue weighted by molar-refractivity contribution is 0.0950. The van der Waals surface area contributed by atoms with E-state index >= 15 is 0 Å². The molecule has 0 atom stereocenters. The van der Waals surface area contributed by atoms with Crippen molar-refractivity contribution < 1.29 is 13.9 Å². The molecule has 1 fully saturated rings. The molecule has 226 valence electrons. The van der Waals surface area contributed by atoms with Gasteiger partial charge in [-0.2, -0.15) is 0 Å². The van der Waals surface area contributed by atoms with Gasteiger partial charge in [-0.15, -0.1) is 0 Å². The lowest BCUT2D eigenvalue weighted by Gasteiger charge is -2.32. The van der Waals surface area contributed by atoms with Crippen LogP contribution in [0.3, 0.4) is 0 Å². The van der Waals surface area contributed by atoms with Crippen LogP contribution in [0.25, 0.3) is 0 Å². The summed E-state index contributed by atoms with van der Waals surface area (Å²) in [5.41, 5.74) is 5.02. The molecule has 4 aromatic carbocycles. The number of hydrogen-bond acceptors (Lipinski definition) is 4. The number of hydrogen-bond donors (Lipinski definition) is 0. The van der Waals surface area contributed by atoms with Crippen LogP contribution < -0.4 is 4.74 Å². The van der Waals surface area contributed by atoms with E-state index in [1.54, 1.807) is 12.1 Å². The van der Waals surface area contributed by atoms with Crippen molar-refractivity contribution in [3.8, 4) is 17.6 Å². The Labute approximate surface area is 261 Å². The van der Waals surface area contributed by atoms with E-state index in [1.807, 2.05) is 42.5 Å². The highest BCUT2D eigenvalue weighted by Gasteiger charge is 2.21. The van der Waals surface area contributed by atoms with Crippen molar-refractivity contribution in [1.29, 1.82) is 0 Å². The highest BCUT2D eigenvalue weighted by atomic mass is 19.1. The number of halogens is 1. The lowest BCUT2D eigenvalue weighted by Crippen LogP contribution is -2.37. The molecule has 1 saturated heterocycles. The lowest BCUT2D eigenvalue weighted by atomic mass is 10.0. The number of likely N-dealkylation sites (tertiary alicyclic amines) is 1. The summed E-state index contributed by atoms with van der Waals surface area (Å²) in [5.74, 6) is 7.02. The first kappa shape index (κ1) is 31.2. The van der Waals surface area contributed by atoms with Gasteiger partial charge < -0.3 is 9.64 Å². The van der Waals surface area contributed by atoms with Crippen LogP contribution in [0.2, 0.25) is 0 Å². The minimum Gasteiger partial charge on any atom is -0.490 e. The third-order valence-electron chi connectivity index (χ3n) is 8.01. The highest BCUT2D eigenvalue weighted by Crippen LogP contribution is 2.22. The number of piperidine rings is 1. The zero-order valence-electron chi connectivity index (χ0n) is 25.6. The second-order valence-electron chi connectivity index (χ2n) is 11.7. The van der Waals surface area contributed by atoms with E-state index in [1.165, 1.54) is 23.3 Å². The number of carbonyl (C=O) groups is 1. The van der Waals surface area contributed by atoms with Gasteiger partial charge in [0, 0.05) is 49.3 Å². The molecule has 0 N–H and O–H groups in total. The molecule has 0 aromatic heterocycles. The molecule has 0 radical (unpaired) electrons. The molecule has 4 nitrogen and oxygen atoms in total. The summed E-state index contributed by atoms with van der Waals surface area (Å²) in [6.07, 6.45) is 4.46. The number of carbonyl (C=O) groups excluding carboxylic acids is 1. The van der Waals surface area contributed by atoms with Crippen LogP contribution in [0.1, 0.15) is 64.7 Å². The van der Waals surface area contributed by atoms with E-state index in [0.29, 0.717) is 6.42 Å². The second kappa shape index (κ2) is 16.0. The molecule has 44 heavy (non-hydrogen) atoms. The van der Waals surface area contributed by atoms with E-state index in [2.05, 4.69) is 65.1 Å². The third kappa shape index (κ3) is 9.91. The fourth-order valence-electron chi connectivity index (χ4n) is 5.59. The standard InChI is InChI=1S/C39H41FN2O2/c1-41(29-33-9-3-2-4-10-33)24-6-5-15-39(43)35-13-8-14-38(28-35)44-37-22-25-42(26-23-37)30-34-12-7-11-32(27-34)17-16-31-18-20-36(40)21-19-31/h2-4,7-14,18-21,27-28,37H,5-6,15,22-26,29-30H2,1H3. The van der Waals surface area contributed by atoms with Crippen LogP contribution >= 0.6 is 0 Å². The Morgan fingerprint density at radius 3 is 2.36 bits per heavy atom. The molecule has 0 bridgehead atoms. The van der Waals surface area contributed by atoms with Gasteiger partial charge in [0.1, 0.15) is 17.7 Å². The van der Waals surface area contributed by atoms with E-state index in [9.17, 15) is 9.18 Å². The molecule has 1 aliphatic rings. The van der Waals surface area contributed by atoms with E-state index in [4.69, 9.17) is 4.74 Å². The average molecular weight is 589 g/mol. The Kier molecular flexibility index (Phi) is 11.3. The molecule has 5 rings (SSSR count). The van der Waals surface area contributed by atoms with Crippen molar-refractivity contribution in [1.82, 2.24) is 9.80 Å². The Morgan fingerprint density at radius 1 is 0.841 bits per heavy atom. The number of Topliss-reactive ketones (excluding diaryl/α,β-unsaturated/α-hetero) is 1. The summed E-state index contributed by atoms with van der Waals surface area (Å²) in [7, 11) is 2.13. The fraction of sp³-hybridized carbons (Fsp3) is 0.308. The van der Waals surface area contributed by atoms with Gasteiger partial charge in [0.05, 0.1) is 0 Å². The predicted molar refractivity (Wildman–Crippen MR) is 175 cm³/mol. The molecule has 0 amide bonds.